The zero-order valence-electron chi connectivity index (χ0n) is 11.9. The Morgan fingerprint density at radius 1 is 1.32 bits per heavy atom. The third-order valence-corrected chi connectivity index (χ3v) is 3.96. The molecule has 4 heteroatoms. The van der Waals surface area contributed by atoms with Gasteiger partial charge in [-0.2, -0.15) is 0 Å². The van der Waals surface area contributed by atoms with Gasteiger partial charge in [0.05, 0.1) is 30.5 Å². The average molecular weight is 259 g/mol. The maximum atomic E-state index is 5.29. The summed E-state index contributed by atoms with van der Waals surface area (Å²) >= 11 is 0. The lowest BCUT2D eigenvalue weighted by Crippen LogP contribution is -2.66. The van der Waals surface area contributed by atoms with Crippen LogP contribution in [0.1, 0.15) is 19.4 Å². The van der Waals surface area contributed by atoms with Gasteiger partial charge in [-0.25, -0.2) is 4.98 Å². The Kier molecular flexibility index (Phi) is 2.97. The van der Waals surface area contributed by atoms with E-state index in [2.05, 4.69) is 27.9 Å². The normalized spacial score (nSPS) is 19.6. The van der Waals surface area contributed by atoms with E-state index >= 15 is 0 Å². The van der Waals surface area contributed by atoms with Crippen LogP contribution < -0.4 is 4.90 Å². The second-order valence-corrected chi connectivity index (χ2v) is 5.41. The molecule has 0 saturated carbocycles. The highest BCUT2D eigenvalue weighted by molar-refractivity contribution is 5.82. The molecule has 2 saturated heterocycles. The fourth-order valence-electron chi connectivity index (χ4n) is 2.82. The summed E-state index contributed by atoms with van der Waals surface area (Å²) in [5.41, 5.74) is 3.94. The average Bonchev–Trinajstić information content (AvgIpc) is 2.70. The Bertz CT molecular complexity index is 578. The maximum Gasteiger partial charge on any atom is 0.137 e. The van der Waals surface area contributed by atoms with Gasteiger partial charge < -0.3 is 14.6 Å². The van der Waals surface area contributed by atoms with E-state index in [9.17, 15) is 0 Å². The van der Waals surface area contributed by atoms with Gasteiger partial charge in [-0.15, -0.1) is 0 Å². The van der Waals surface area contributed by atoms with Crippen molar-refractivity contribution in [1.82, 2.24) is 9.97 Å². The first-order chi connectivity index (χ1) is 9.26. The predicted molar refractivity (Wildman–Crippen MR) is 77.6 cm³/mol. The van der Waals surface area contributed by atoms with Gasteiger partial charge >= 0.3 is 0 Å². The zero-order valence-corrected chi connectivity index (χ0v) is 11.9. The van der Waals surface area contributed by atoms with Crippen molar-refractivity contribution in [3.63, 3.8) is 0 Å². The van der Waals surface area contributed by atoms with Gasteiger partial charge in [0, 0.05) is 24.7 Å². The van der Waals surface area contributed by atoms with Gasteiger partial charge in [0.15, 0.2) is 0 Å². The maximum absolute atomic E-state index is 5.29. The van der Waals surface area contributed by atoms with Crippen molar-refractivity contribution in [3.8, 4) is 0 Å². The van der Waals surface area contributed by atoms with E-state index in [1.807, 2.05) is 26.2 Å². The number of fused-ring (bicyclic) bond motifs is 1. The Morgan fingerprint density at radius 2 is 2.05 bits per heavy atom. The highest BCUT2D eigenvalue weighted by Gasteiger charge is 2.49. The van der Waals surface area contributed by atoms with E-state index in [0.717, 1.165) is 32.0 Å². The minimum Gasteiger partial charge on any atom is -0.380 e. The van der Waals surface area contributed by atoms with Gasteiger partial charge in [-0.3, -0.25) is 0 Å². The molecule has 0 amide bonds. The molecule has 4 rings (SSSR count). The van der Waals surface area contributed by atoms with Crippen molar-refractivity contribution in [3.05, 3.63) is 24.0 Å². The summed E-state index contributed by atoms with van der Waals surface area (Å²) in [5, 5.41) is 1.23. The minimum atomic E-state index is 0.460. The number of pyridine rings is 1. The van der Waals surface area contributed by atoms with Crippen LogP contribution in [0, 0.1) is 12.3 Å². The van der Waals surface area contributed by atoms with Crippen molar-refractivity contribution < 1.29 is 4.74 Å². The molecule has 1 N–H and O–H groups in total. The van der Waals surface area contributed by atoms with E-state index in [1.165, 1.54) is 16.6 Å². The first-order valence-electron chi connectivity index (χ1n) is 7.02. The minimum absolute atomic E-state index is 0.460. The second-order valence-electron chi connectivity index (χ2n) is 5.41. The molecule has 2 fully saturated rings. The van der Waals surface area contributed by atoms with Crippen LogP contribution in [-0.2, 0) is 4.74 Å². The number of H-pyrrole nitrogens is 1. The summed E-state index contributed by atoms with van der Waals surface area (Å²) in [5.74, 6) is 0. The lowest BCUT2D eigenvalue weighted by molar-refractivity contribution is -0.127. The summed E-state index contributed by atoms with van der Waals surface area (Å²) in [4.78, 5) is 10.0. The fraction of sp³-hybridized carbons (Fsp3) is 0.533. The van der Waals surface area contributed by atoms with Crippen LogP contribution in [0.3, 0.4) is 0 Å². The fourth-order valence-corrected chi connectivity index (χ4v) is 2.82. The predicted octanol–water partition coefficient (Wildman–Crippen LogP) is 2.73. The number of aryl methyl sites for hydroxylation is 1. The van der Waals surface area contributed by atoms with E-state index in [-0.39, 0.29) is 0 Å². The lowest BCUT2D eigenvalue weighted by Gasteiger charge is -2.55. The summed E-state index contributed by atoms with van der Waals surface area (Å²) in [7, 11) is 0. The standard InChI is InChI=1S/C13H15N3O.C2H6/c1-9-3-14-12-11(9)2-10(4-15-12)16-5-13(6-16)7-17-8-13;1-2/h2-4H,5-8H2,1H3,(H,14,15);1-2H3. The molecule has 0 atom stereocenters. The second kappa shape index (κ2) is 4.53. The Hall–Kier alpha value is -1.55. The van der Waals surface area contributed by atoms with Gasteiger partial charge in [0.25, 0.3) is 0 Å². The molecule has 19 heavy (non-hydrogen) atoms. The number of ether oxygens (including phenoxy) is 1. The number of aromatic amines is 1. The topological polar surface area (TPSA) is 41.2 Å². The molecule has 0 unspecified atom stereocenters. The van der Waals surface area contributed by atoms with Crippen LogP contribution in [0.4, 0.5) is 5.69 Å². The third kappa shape index (κ3) is 1.91. The van der Waals surface area contributed by atoms with Crippen LogP contribution in [0.25, 0.3) is 11.0 Å². The number of hydrogen-bond acceptors (Lipinski definition) is 3. The lowest BCUT2D eigenvalue weighted by atomic mass is 9.78. The molecule has 4 heterocycles. The van der Waals surface area contributed by atoms with Gasteiger partial charge in [-0.05, 0) is 18.6 Å². The molecule has 0 aliphatic carbocycles. The first-order valence-corrected chi connectivity index (χ1v) is 7.02. The molecule has 2 aromatic rings. The number of rotatable bonds is 1. The first kappa shape index (κ1) is 12.5. The SMILES string of the molecule is CC.Cc1c[nH]c2ncc(N3CC4(COC4)C3)cc12. The molecule has 2 aliphatic rings. The quantitative estimate of drug-likeness (QED) is 0.856. The number of aromatic nitrogens is 2. The number of nitrogens with zero attached hydrogens (tertiary/aromatic N) is 2. The molecule has 0 radical (unpaired) electrons. The van der Waals surface area contributed by atoms with Crippen molar-refractivity contribution in [1.29, 1.82) is 0 Å². The highest BCUT2D eigenvalue weighted by atomic mass is 16.5. The van der Waals surface area contributed by atoms with E-state index in [0.29, 0.717) is 5.41 Å². The summed E-state index contributed by atoms with van der Waals surface area (Å²) in [6, 6.07) is 2.24. The van der Waals surface area contributed by atoms with Gasteiger partial charge in [0.2, 0.25) is 0 Å². The number of nitrogens with one attached hydrogen (secondary N) is 1. The summed E-state index contributed by atoms with van der Waals surface area (Å²) < 4.78 is 5.29. The van der Waals surface area contributed by atoms with Crippen LogP contribution >= 0.6 is 0 Å². The molecular weight excluding hydrogens is 238 g/mol. The Balaban J connectivity index is 0.000000528. The van der Waals surface area contributed by atoms with Crippen LogP contribution in [0.15, 0.2) is 18.5 Å². The molecule has 1 spiro atoms. The van der Waals surface area contributed by atoms with Crippen molar-refractivity contribution >= 4 is 16.7 Å². The highest BCUT2D eigenvalue weighted by Crippen LogP contribution is 2.40. The van der Waals surface area contributed by atoms with Crippen LogP contribution in [-0.4, -0.2) is 36.3 Å². The molecule has 2 aromatic heterocycles. The molecule has 2 aliphatic heterocycles. The van der Waals surface area contributed by atoms with Crippen LogP contribution in [0.2, 0.25) is 0 Å². The molecule has 102 valence electrons. The zero-order chi connectivity index (χ0) is 13.5. The van der Waals surface area contributed by atoms with Crippen molar-refractivity contribution in [2.75, 3.05) is 31.2 Å². The Morgan fingerprint density at radius 3 is 2.68 bits per heavy atom. The number of hydrogen-bond donors (Lipinski definition) is 1. The van der Waals surface area contributed by atoms with Crippen molar-refractivity contribution in [2.24, 2.45) is 5.41 Å². The number of anilines is 1. The molecule has 0 bridgehead atoms. The molecular formula is C15H21N3O. The van der Waals surface area contributed by atoms with Gasteiger partial charge in [-0.1, -0.05) is 13.8 Å². The Labute approximate surface area is 113 Å². The summed E-state index contributed by atoms with van der Waals surface area (Å²) in [6.45, 7) is 10.2. The van der Waals surface area contributed by atoms with E-state index in [4.69, 9.17) is 4.74 Å². The van der Waals surface area contributed by atoms with E-state index < -0.39 is 0 Å². The molecule has 4 nitrogen and oxygen atoms in total. The summed E-state index contributed by atoms with van der Waals surface area (Å²) in [6.07, 6.45) is 3.98. The molecule has 0 aromatic carbocycles. The third-order valence-electron chi connectivity index (χ3n) is 3.96. The van der Waals surface area contributed by atoms with Gasteiger partial charge in [0.1, 0.15) is 5.65 Å². The van der Waals surface area contributed by atoms with Crippen molar-refractivity contribution in [2.45, 2.75) is 20.8 Å². The smallest absolute Gasteiger partial charge is 0.137 e. The largest absolute Gasteiger partial charge is 0.380 e. The van der Waals surface area contributed by atoms with Crippen LogP contribution in [0.5, 0.6) is 0 Å². The van der Waals surface area contributed by atoms with E-state index in [1.54, 1.807) is 0 Å². The monoisotopic (exact) mass is 259 g/mol.